The van der Waals surface area contributed by atoms with Crippen molar-refractivity contribution in [1.29, 1.82) is 0 Å². The SMILES string of the molecule is CCNC(c1cn(C)nc1C)C(F)(F)F. The van der Waals surface area contributed by atoms with Crippen LogP contribution in [0, 0.1) is 6.92 Å². The summed E-state index contributed by atoms with van der Waals surface area (Å²) in [5.74, 6) is 0. The van der Waals surface area contributed by atoms with Crippen molar-refractivity contribution in [2.75, 3.05) is 6.54 Å². The van der Waals surface area contributed by atoms with Crippen molar-refractivity contribution in [3.05, 3.63) is 17.5 Å². The molecule has 1 unspecified atom stereocenters. The Labute approximate surface area is 86.3 Å². The molecule has 0 spiro atoms. The Morgan fingerprint density at radius 1 is 1.53 bits per heavy atom. The maximum atomic E-state index is 12.7. The number of hydrogen-bond donors (Lipinski definition) is 1. The lowest BCUT2D eigenvalue weighted by atomic mass is 10.1. The fourth-order valence-corrected chi connectivity index (χ4v) is 1.51. The highest BCUT2D eigenvalue weighted by Gasteiger charge is 2.41. The highest BCUT2D eigenvalue weighted by atomic mass is 19.4. The Morgan fingerprint density at radius 2 is 2.13 bits per heavy atom. The number of nitrogens with one attached hydrogen (secondary N) is 1. The van der Waals surface area contributed by atoms with Crippen LogP contribution in [0.5, 0.6) is 0 Å². The largest absolute Gasteiger partial charge is 0.408 e. The van der Waals surface area contributed by atoms with E-state index >= 15 is 0 Å². The van der Waals surface area contributed by atoms with Crippen molar-refractivity contribution >= 4 is 0 Å². The molecule has 0 saturated carbocycles. The van der Waals surface area contributed by atoms with Crippen LogP contribution < -0.4 is 5.32 Å². The third-order valence-corrected chi connectivity index (χ3v) is 2.10. The lowest BCUT2D eigenvalue weighted by molar-refractivity contribution is -0.157. The van der Waals surface area contributed by atoms with E-state index in [-0.39, 0.29) is 12.1 Å². The first kappa shape index (κ1) is 12.0. The smallest absolute Gasteiger partial charge is 0.303 e. The lowest BCUT2D eigenvalue weighted by Crippen LogP contribution is -2.34. The molecule has 1 atom stereocenters. The van der Waals surface area contributed by atoms with Crippen LogP contribution in [-0.4, -0.2) is 22.5 Å². The first-order valence-corrected chi connectivity index (χ1v) is 4.66. The van der Waals surface area contributed by atoms with Gasteiger partial charge in [0, 0.05) is 18.8 Å². The second kappa shape index (κ2) is 4.22. The number of hydrogen-bond acceptors (Lipinski definition) is 2. The van der Waals surface area contributed by atoms with E-state index < -0.39 is 12.2 Å². The fourth-order valence-electron chi connectivity index (χ4n) is 1.51. The van der Waals surface area contributed by atoms with E-state index in [2.05, 4.69) is 10.4 Å². The highest BCUT2D eigenvalue weighted by Crippen LogP contribution is 2.33. The van der Waals surface area contributed by atoms with Gasteiger partial charge in [0.25, 0.3) is 0 Å². The number of nitrogens with zero attached hydrogens (tertiary/aromatic N) is 2. The van der Waals surface area contributed by atoms with Crippen LogP contribution in [0.2, 0.25) is 0 Å². The van der Waals surface area contributed by atoms with Crippen LogP contribution in [0.4, 0.5) is 13.2 Å². The molecule has 1 aromatic heterocycles. The number of aromatic nitrogens is 2. The van der Waals surface area contributed by atoms with E-state index in [1.54, 1.807) is 20.9 Å². The number of alkyl halides is 3. The summed E-state index contributed by atoms with van der Waals surface area (Å²) >= 11 is 0. The predicted octanol–water partition coefficient (Wildman–Crippen LogP) is 1.94. The van der Waals surface area contributed by atoms with E-state index in [0.717, 1.165) is 0 Å². The summed E-state index contributed by atoms with van der Waals surface area (Å²) in [4.78, 5) is 0. The van der Waals surface area contributed by atoms with E-state index in [0.29, 0.717) is 5.69 Å². The third kappa shape index (κ3) is 2.71. The molecule has 0 amide bonds. The zero-order chi connectivity index (χ0) is 11.6. The van der Waals surface area contributed by atoms with Gasteiger partial charge in [-0.3, -0.25) is 4.68 Å². The topological polar surface area (TPSA) is 29.9 Å². The Bertz CT molecular complexity index is 330. The van der Waals surface area contributed by atoms with Crippen LogP contribution in [0.1, 0.15) is 24.2 Å². The summed E-state index contributed by atoms with van der Waals surface area (Å²) in [6.07, 6.45) is -2.89. The maximum absolute atomic E-state index is 12.7. The minimum Gasteiger partial charge on any atom is -0.303 e. The molecule has 0 bridgehead atoms. The molecule has 0 aromatic carbocycles. The minimum absolute atomic E-state index is 0.187. The molecule has 15 heavy (non-hydrogen) atoms. The molecular weight excluding hydrogens is 207 g/mol. The average molecular weight is 221 g/mol. The van der Waals surface area contributed by atoms with E-state index in [9.17, 15) is 13.2 Å². The molecule has 0 fully saturated rings. The van der Waals surface area contributed by atoms with Crippen LogP contribution in [0.15, 0.2) is 6.20 Å². The molecule has 0 aliphatic heterocycles. The van der Waals surface area contributed by atoms with Gasteiger partial charge in [-0.1, -0.05) is 6.92 Å². The molecule has 0 aliphatic carbocycles. The van der Waals surface area contributed by atoms with Gasteiger partial charge in [0.15, 0.2) is 0 Å². The van der Waals surface area contributed by atoms with Crippen LogP contribution in [-0.2, 0) is 7.05 Å². The predicted molar refractivity (Wildman–Crippen MR) is 50.4 cm³/mol. The molecule has 1 rings (SSSR count). The standard InChI is InChI=1S/C9H14F3N3/c1-4-13-8(9(10,11)12)7-5-15(3)14-6(7)2/h5,8,13H,4H2,1-3H3. The van der Waals surface area contributed by atoms with Gasteiger partial charge in [-0.15, -0.1) is 0 Å². The van der Waals surface area contributed by atoms with Crippen molar-refractivity contribution in [3.8, 4) is 0 Å². The molecule has 6 heteroatoms. The normalized spacial score (nSPS) is 14.3. The monoisotopic (exact) mass is 221 g/mol. The molecule has 0 aliphatic rings. The number of rotatable bonds is 3. The second-order valence-corrected chi connectivity index (χ2v) is 3.38. The van der Waals surface area contributed by atoms with E-state index in [1.807, 2.05) is 0 Å². The van der Waals surface area contributed by atoms with Gasteiger partial charge in [0.05, 0.1) is 5.69 Å². The molecule has 1 heterocycles. The lowest BCUT2D eigenvalue weighted by Gasteiger charge is -2.20. The molecule has 3 nitrogen and oxygen atoms in total. The first-order valence-electron chi connectivity index (χ1n) is 4.66. The van der Waals surface area contributed by atoms with Gasteiger partial charge in [-0.05, 0) is 13.5 Å². The van der Waals surface area contributed by atoms with Gasteiger partial charge in [0.1, 0.15) is 6.04 Å². The molecule has 0 radical (unpaired) electrons. The molecule has 86 valence electrons. The number of halogens is 3. The Morgan fingerprint density at radius 3 is 2.47 bits per heavy atom. The summed E-state index contributed by atoms with van der Waals surface area (Å²) < 4.78 is 39.4. The fraction of sp³-hybridized carbons (Fsp3) is 0.667. The minimum atomic E-state index is -4.29. The zero-order valence-corrected chi connectivity index (χ0v) is 8.89. The van der Waals surface area contributed by atoms with Crippen LogP contribution in [0.25, 0.3) is 0 Å². The Hall–Kier alpha value is -1.04. The molecule has 1 N–H and O–H groups in total. The molecule has 1 aromatic rings. The van der Waals surface area contributed by atoms with E-state index in [4.69, 9.17) is 0 Å². The second-order valence-electron chi connectivity index (χ2n) is 3.38. The molecular formula is C9H14F3N3. The Balaban J connectivity index is 3.04. The third-order valence-electron chi connectivity index (χ3n) is 2.10. The summed E-state index contributed by atoms with van der Waals surface area (Å²) in [5.41, 5.74) is 0.590. The first-order chi connectivity index (χ1) is 6.86. The van der Waals surface area contributed by atoms with Crippen molar-refractivity contribution in [1.82, 2.24) is 15.1 Å². The van der Waals surface area contributed by atoms with Crippen LogP contribution in [0.3, 0.4) is 0 Å². The van der Waals surface area contributed by atoms with Crippen molar-refractivity contribution in [3.63, 3.8) is 0 Å². The maximum Gasteiger partial charge on any atom is 0.408 e. The zero-order valence-electron chi connectivity index (χ0n) is 8.89. The highest BCUT2D eigenvalue weighted by molar-refractivity contribution is 5.21. The van der Waals surface area contributed by atoms with Crippen molar-refractivity contribution < 1.29 is 13.2 Å². The van der Waals surface area contributed by atoms with Gasteiger partial charge in [-0.25, -0.2) is 0 Å². The summed E-state index contributed by atoms with van der Waals surface area (Å²) in [7, 11) is 1.61. The van der Waals surface area contributed by atoms with Gasteiger partial charge in [-0.2, -0.15) is 18.3 Å². The van der Waals surface area contributed by atoms with Crippen molar-refractivity contribution in [2.24, 2.45) is 7.05 Å². The summed E-state index contributed by atoms with van der Waals surface area (Å²) in [5, 5.41) is 6.32. The van der Waals surface area contributed by atoms with Gasteiger partial charge in [0.2, 0.25) is 0 Å². The quantitative estimate of drug-likeness (QED) is 0.845. The molecule has 0 saturated heterocycles. The van der Waals surface area contributed by atoms with Crippen LogP contribution >= 0.6 is 0 Å². The summed E-state index contributed by atoms with van der Waals surface area (Å²) in [6.45, 7) is 3.48. The summed E-state index contributed by atoms with van der Waals surface area (Å²) in [6, 6.07) is -1.63. The number of aryl methyl sites for hydroxylation is 2. The van der Waals surface area contributed by atoms with E-state index in [1.165, 1.54) is 10.9 Å². The van der Waals surface area contributed by atoms with Crippen molar-refractivity contribution in [2.45, 2.75) is 26.1 Å². The average Bonchev–Trinajstić information content (AvgIpc) is 2.39. The van der Waals surface area contributed by atoms with Gasteiger partial charge >= 0.3 is 6.18 Å². The van der Waals surface area contributed by atoms with Gasteiger partial charge < -0.3 is 5.32 Å². The Kier molecular flexibility index (Phi) is 3.38.